The Labute approximate surface area is 661 Å². The predicted molar refractivity (Wildman–Crippen MR) is 469 cm³/mol. The third-order valence-electron chi connectivity index (χ3n) is 24.5. The van der Waals surface area contributed by atoms with Gasteiger partial charge in [-0.3, -0.25) is 0 Å². The van der Waals surface area contributed by atoms with Crippen molar-refractivity contribution in [3.63, 3.8) is 0 Å². The fourth-order valence-corrected chi connectivity index (χ4v) is 19.9. The summed E-state index contributed by atoms with van der Waals surface area (Å²) in [6, 6.07) is 157. The third-order valence-corrected chi connectivity index (χ3v) is 24.5. The minimum absolute atomic E-state index is 0.377. The van der Waals surface area contributed by atoms with Crippen molar-refractivity contribution in [2.75, 3.05) is 0 Å². The molecule has 0 unspecified atom stereocenters. The maximum atomic E-state index is 6.53. The average Bonchev–Trinajstić information content (AvgIpc) is 1.53. The van der Waals surface area contributed by atoms with Gasteiger partial charge in [0.2, 0.25) is 0 Å². The Morgan fingerprint density at radius 1 is 0.140 bits per heavy atom. The Morgan fingerprint density at radius 3 is 0.754 bits per heavy atom. The van der Waals surface area contributed by atoms with Gasteiger partial charge < -0.3 is 13.3 Å². The second kappa shape index (κ2) is 26.8. The molecule has 0 fully saturated rings. The van der Waals surface area contributed by atoms with E-state index in [0.717, 1.165) is 93.6 Å². The van der Waals surface area contributed by atoms with Gasteiger partial charge in [-0.15, -0.1) is 0 Å². The van der Waals surface area contributed by atoms with Gasteiger partial charge in [-0.05, 0) is 141 Å². The number of rotatable bonds is 9. The van der Waals surface area contributed by atoms with Crippen molar-refractivity contribution >= 4 is 65.8 Å². The van der Waals surface area contributed by atoms with Crippen molar-refractivity contribution < 1.29 is 13.3 Å². The Balaban J connectivity index is 0.000000104. The van der Waals surface area contributed by atoms with Gasteiger partial charge in [-0.1, -0.05) is 413 Å². The van der Waals surface area contributed by atoms with Gasteiger partial charge in [0.1, 0.15) is 33.5 Å². The summed E-state index contributed by atoms with van der Waals surface area (Å²) in [5, 5.41) is 6.91. The largest absolute Gasteiger partial charge is 0.455 e. The third kappa shape index (κ3) is 9.95. The molecule has 18 aromatic carbocycles. The molecular weight excluding hydrogens is 1380 g/mol. The van der Waals surface area contributed by atoms with Gasteiger partial charge in [0.15, 0.2) is 0 Å². The fraction of sp³-hybridized carbons (Fsp3) is 0.0270. The standard InChI is InChI=1S/3C37H24O/c1-2-13-25(14-3-1)37(32-21-8-4-15-26(32)27-16-5-9-22-33(27)37)34-23-10-6-17-28(34)30-19-12-20-31-29-18-7-11-24-35(29)38-36(30)31;1-2-13-26(14-3-1)37(33-21-7-4-16-29(33)30-17-5-8-22-34(30)37)27-15-10-12-25(24-27)28-19-11-20-32-31-18-6-9-23-35(31)38-36(28)32;1-2-11-26(12-3-1)37(33-18-7-4-13-29(33)30-14-5-8-19-34(30)37)27-23-21-25(22-24-27)28-16-10-17-32-31-15-6-9-20-35(31)38-36(28)32/h3*1-24H. The average molecular weight is 1450 g/mol. The lowest BCUT2D eigenvalue weighted by Gasteiger charge is -2.35. The lowest BCUT2D eigenvalue weighted by Crippen LogP contribution is -2.29. The highest BCUT2D eigenvalue weighted by molar-refractivity contribution is 6.12. The molecule has 0 atom stereocenters. The van der Waals surface area contributed by atoms with Crippen molar-refractivity contribution in [3.05, 3.63) is 504 Å². The Bertz CT molecular complexity index is 7160. The molecule has 3 aliphatic rings. The molecule has 24 rings (SSSR count). The highest BCUT2D eigenvalue weighted by atomic mass is 16.3. The van der Waals surface area contributed by atoms with Gasteiger partial charge in [-0.2, -0.15) is 0 Å². The molecule has 3 heterocycles. The topological polar surface area (TPSA) is 39.4 Å². The second-order valence-corrected chi connectivity index (χ2v) is 30.2. The van der Waals surface area contributed by atoms with Crippen molar-refractivity contribution in [1.82, 2.24) is 0 Å². The zero-order valence-electron chi connectivity index (χ0n) is 62.3. The number of furan rings is 3. The van der Waals surface area contributed by atoms with Crippen LogP contribution in [0.25, 0.3) is 133 Å². The van der Waals surface area contributed by atoms with Crippen molar-refractivity contribution in [2.24, 2.45) is 0 Å². The van der Waals surface area contributed by atoms with Crippen LogP contribution in [0.5, 0.6) is 0 Å². The summed E-state index contributed by atoms with van der Waals surface area (Å²) in [7, 11) is 0. The number of hydrogen-bond acceptors (Lipinski definition) is 3. The Hall–Kier alpha value is -14.6. The second-order valence-electron chi connectivity index (χ2n) is 30.2. The van der Waals surface area contributed by atoms with E-state index in [1.54, 1.807) is 0 Å². The summed E-state index contributed by atoms with van der Waals surface area (Å²) < 4.78 is 19.3. The molecule has 534 valence electrons. The van der Waals surface area contributed by atoms with Crippen LogP contribution in [0.3, 0.4) is 0 Å². The molecule has 0 saturated carbocycles. The molecule has 0 bridgehead atoms. The van der Waals surface area contributed by atoms with E-state index in [9.17, 15) is 0 Å². The van der Waals surface area contributed by atoms with Crippen LogP contribution in [0.4, 0.5) is 0 Å². The van der Waals surface area contributed by atoms with Crippen LogP contribution in [-0.2, 0) is 16.2 Å². The maximum absolute atomic E-state index is 6.53. The van der Waals surface area contributed by atoms with Crippen molar-refractivity contribution in [3.8, 4) is 66.8 Å². The number of benzene rings is 18. The van der Waals surface area contributed by atoms with E-state index in [1.807, 2.05) is 30.3 Å². The number of hydrogen-bond donors (Lipinski definition) is 0. The van der Waals surface area contributed by atoms with E-state index >= 15 is 0 Å². The summed E-state index contributed by atoms with van der Waals surface area (Å²) >= 11 is 0. The van der Waals surface area contributed by atoms with Gasteiger partial charge >= 0.3 is 0 Å². The summed E-state index contributed by atoms with van der Waals surface area (Å²) in [4.78, 5) is 0. The summed E-state index contributed by atoms with van der Waals surface area (Å²) in [6.07, 6.45) is 0. The lowest BCUT2D eigenvalue weighted by molar-refractivity contribution is 0.669. The molecule has 0 aliphatic heterocycles. The molecule has 3 nitrogen and oxygen atoms in total. The first-order valence-corrected chi connectivity index (χ1v) is 39.4. The van der Waals surface area contributed by atoms with Crippen LogP contribution < -0.4 is 0 Å². The van der Waals surface area contributed by atoms with Gasteiger partial charge in [0.25, 0.3) is 0 Å². The summed E-state index contributed by atoms with van der Waals surface area (Å²) in [5.74, 6) is 0. The van der Waals surface area contributed by atoms with Crippen LogP contribution in [-0.4, -0.2) is 0 Å². The van der Waals surface area contributed by atoms with E-state index in [-0.39, 0.29) is 5.41 Å². The molecule has 3 heteroatoms. The van der Waals surface area contributed by atoms with E-state index in [1.165, 1.54) is 106 Å². The normalized spacial score (nSPS) is 13.5. The van der Waals surface area contributed by atoms with Crippen LogP contribution in [0.2, 0.25) is 0 Å². The Kier molecular flexibility index (Phi) is 15.6. The van der Waals surface area contributed by atoms with Gasteiger partial charge in [0.05, 0.1) is 16.2 Å². The van der Waals surface area contributed by atoms with Crippen molar-refractivity contribution in [1.29, 1.82) is 0 Å². The smallest absolute Gasteiger partial charge is 0.143 e. The summed E-state index contributed by atoms with van der Waals surface area (Å²) in [6.45, 7) is 0. The lowest BCUT2D eigenvalue weighted by atomic mass is 9.66. The first-order chi connectivity index (χ1) is 56.6. The predicted octanol–water partition coefficient (Wildman–Crippen LogP) is 28.8. The van der Waals surface area contributed by atoms with Gasteiger partial charge in [0, 0.05) is 49.0 Å². The van der Waals surface area contributed by atoms with Crippen LogP contribution in [0.15, 0.2) is 450 Å². The molecule has 0 N–H and O–H groups in total. The van der Waals surface area contributed by atoms with E-state index < -0.39 is 10.8 Å². The molecule has 3 aliphatic carbocycles. The SMILES string of the molecule is c1ccc(C2(c3ccc(-c4cccc5c4oc4ccccc45)cc3)c3ccccc3-c3ccccc32)cc1.c1ccc(C2(c3cccc(-c4cccc5c4oc4ccccc45)c3)c3ccccc3-c3ccccc32)cc1.c1ccc(C2(c3ccccc3-c3cccc4c3oc3ccccc34)c3ccccc3-c3ccccc32)cc1. The zero-order valence-corrected chi connectivity index (χ0v) is 62.3. The first kappa shape index (κ1) is 66.4. The molecule has 0 saturated heterocycles. The van der Waals surface area contributed by atoms with Crippen molar-refractivity contribution in [2.45, 2.75) is 16.2 Å². The fourth-order valence-electron chi connectivity index (χ4n) is 19.9. The van der Waals surface area contributed by atoms with E-state index in [4.69, 9.17) is 13.3 Å². The number of para-hydroxylation sites is 6. The van der Waals surface area contributed by atoms with Crippen LogP contribution >= 0.6 is 0 Å². The zero-order chi connectivity index (χ0) is 75.3. The molecule has 114 heavy (non-hydrogen) atoms. The molecule has 0 radical (unpaired) electrons. The number of fused-ring (bicyclic) bond motifs is 18. The monoisotopic (exact) mass is 1450 g/mol. The van der Waals surface area contributed by atoms with Crippen LogP contribution in [0, 0.1) is 0 Å². The molecule has 0 amide bonds. The minimum atomic E-state index is -0.459. The highest BCUT2D eigenvalue weighted by Gasteiger charge is 2.49. The minimum Gasteiger partial charge on any atom is -0.455 e. The maximum Gasteiger partial charge on any atom is 0.143 e. The van der Waals surface area contributed by atoms with Crippen LogP contribution in [0.1, 0.15) is 66.8 Å². The molecular formula is C111H72O3. The molecule has 0 spiro atoms. The van der Waals surface area contributed by atoms with Gasteiger partial charge in [-0.25, -0.2) is 0 Å². The highest BCUT2D eigenvalue weighted by Crippen LogP contribution is 2.61. The quantitative estimate of drug-likeness (QED) is 0.145. The summed E-state index contributed by atoms with van der Waals surface area (Å²) in [5.41, 5.74) is 34.5. The van der Waals surface area contributed by atoms with E-state index in [0.29, 0.717) is 0 Å². The Morgan fingerprint density at radius 2 is 0.377 bits per heavy atom. The molecule has 3 aromatic heterocycles. The first-order valence-electron chi connectivity index (χ1n) is 39.4. The molecule has 21 aromatic rings. The van der Waals surface area contributed by atoms with E-state index in [2.05, 4.69) is 406 Å².